The molecule has 0 aromatic carbocycles. The van der Waals surface area contributed by atoms with E-state index in [1.54, 1.807) is 11.3 Å². The number of esters is 1. The highest BCUT2D eigenvalue weighted by molar-refractivity contribution is 7.13. The van der Waals surface area contributed by atoms with Crippen LogP contribution in [0.5, 0.6) is 0 Å². The molecule has 1 saturated heterocycles. The number of nitrogens with one attached hydrogen (secondary N) is 1. The van der Waals surface area contributed by atoms with Crippen molar-refractivity contribution in [2.24, 2.45) is 0 Å². The Kier molecular flexibility index (Phi) is 5.58. The molecule has 0 bridgehead atoms. The molecule has 0 amide bonds. The van der Waals surface area contributed by atoms with Gasteiger partial charge in [0, 0.05) is 24.4 Å². The summed E-state index contributed by atoms with van der Waals surface area (Å²) in [6.45, 7) is 7.27. The number of aryl methyl sites for hydroxylation is 1. The van der Waals surface area contributed by atoms with Crippen molar-refractivity contribution in [3.63, 3.8) is 0 Å². The molecule has 1 aromatic heterocycles. The van der Waals surface area contributed by atoms with Gasteiger partial charge in [-0.2, -0.15) is 0 Å². The average molecular weight is 312 g/mol. The van der Waals surface area contributed by atoms with Crippen LogP contribution in [0.15, 0.2) is 5.38 Å². The van der Waals surface area contributed by atoms with E-state index < -0.39 is 0 Å². The Labute approximate surface area is 130 Å². The molecule has 5 nitrogen and oxygen atoms in total. The molecule has 0 spiro atoms. The summed E-state index contributed by atoms with van der Waals surface area (Å²) in [6.07, 6.45) is 3.00. The number of rotatable bonds is 6. The topological polar surface area (TPSA) is 60.5 Å². The summed E-state index contributed by atoms with van der Waals surface area (Å²) in [4.78, 5) is 15.9. The summed E-state index contributed by atoms with van der Waals surface area (Å²) < 4.78 is 10.6. The first-order chi connectivity index (χ1) is 9.98. The first kappa shape index (κ1) is 16.2. The van der Waals surface area contributed by atoms with Crippen molar-refractivity contribution in [2.45, 2.75) is 58.1 Å². The van der Waals surface area contributed by atoms with E-state index in [1.165, 1.54) is 0 Å². The fraction of sp³-hybridized carbons (Fsp3) is 0.733. The molecule has 1 N–H and O–H groups in total. The van der Waals surface area contributed by atoms with Crippen molar-refractivity contribution in [3.05, 3.63) is 11.1 Å². The summed E-state index contributed by atoms with van der Waals surface area (Å²) in [5, 5.41) is 6.41. The minimum absolute atomic E-state index is 0.0695. The van der Waals surface area contributed by atoms with Crippen LogP contribution >= 0.6 is 11.3 Å². The van der Waals surface area contributed by atoms with Gasteiger partial charge in [0.15, 0.2) is 5.13 Å². The molecule has 1 atom stereocenters. The lowest BCUT2D eigenvalue weighted by molar-refractivity contribution is -0.143. The largest absolute Gasteiger partial charge is 0.466 e. The fourth-order valence-electron chi connectivity index (χ4n) is 2.48. The number of carbonyl (C=O) groups excluding carboxylic acids is 1. The Morgan fingerprint density at radius 2 is 2.43 bits per heavy atom. The zero-order valence-corrected chi connectivity index (χ0v) is 13.8. The zero-order valence-electron chi connectivity index (χ0n) is 13.0. The first-order valence-corrected chi connectivity index (χ1v) is 8.37. The van der Waals surface area contributed by atoms with Gasteiger partial charge in [-0.15, -0.1) is 11.3 Å². The van der Waals surface area contributed by atoms with E-state index in [4.69, 9.17) is 9.47 Å². The highest BCUT2D eigenvalue weighted by Gasteiger charge is 2.29. The molecular formula is C15H24N2O3S. The molecule has 1 fully saturated rings. The van der Waals surface area contributed by atoms with Crippen LogP contribution in [0.2, 0.25) is 0 Å². The van der Waals surface area contributed by atoms with Gasteiger partial charge >= 0.3 is 5.97 Å². The third kappa shape index (κ3) is 5.28. The number of nitrogens with zero attached hydrogens (tertiary/aromatic N) is 1. The number of thiazole rings is 1. The average Bonchev–Trinajstić information content (AvgIpc) is 2.83. The van der Waals surface area contributed by atoms with Gasteiger partial charge in [0.05, 0.1) is 24.3 Å². The first-order valence-electron chi connectivity index (χ1n) is 7.49. The molecule has 118 valence electrons. The Bertz CT molecular complexity index is 473. The van der Waals surface area contributed by atoms with Crippen LogP contribution in [0.25, 0.3) is 0 Å². The number of aromatic nitrogens is 1. The smallest absolute Gasteiger partial charge is 0.306 e. The van der Waals surface area contributed by atoms with E-state index in [0.29, 0.717) is 25.5 Å². The van der Waals surface area contributed by atoms with E-state index >= 15 is 0 Å². The molecule has 1 unspecified atom stereocenters. The number of ether oxygens (including phenoxy) is 2. The van der Waals surface area contributed by atoms with Crippen LogP contribution in [-0.4, -0.2) is 35.8 Å². The molecule has 0 radical (unpaired) electrons. The number of hydrogen-bond acceptors (Lipinski definition) is 6. The van der Waals surface area contributed by atoms with Crippen molar-refractivity contribution < 1.29 is 14.3 Å². The van der Waals surface area contributed by atoms with Gasteiger partial charge in [-0.1, -0.05) is 0 Å². The van der Waals surface area contributed by atoms with Crippen LogP contribution in [0.3, 0.4) is 0 Å². The minimum Gasteiger partial charge on any atom is -0.466 e. The molecule has 2 rings (SSSR count). The van der Waals surface area contributed by atoms with Crippen LogP contribution in [0, 0.1) is 0 Å². The molecular weight excluding hydrogens is 288 g/mol. The maximum atomic E-state index is 11.3. The van der Waals surface area contributed by atoms with Crippen LogP contribution in [0.1, 0.15) is 45.7 Å². The van der Waals surface area contributed by atoms with Gasteiger partial charge in [-0.25, -0.2) is 4.98 Å². The summed E-state index contributed by atoms with van der Waals surface area (Å²) in [5.74, 6) is -0.161. The van der Waals surface area contributed by atoms with Crippen LogP contribution in [0.4, 0.5) is 5.13 Å². The molecule has 0 saturated carbocycles. The molecule has 21 heavy (non-hydrogen) atoms. The predicted octanol–water partition coefficient (Wildman–Crippen LogP) is 3.01. The van der Waals surface area contributed by atoms with Gasteiger partial charge in [-0.3, -0.25) is 4.79 Å². The molecule has 6 heteroatoms. The van der Waals surface area contributed by atoms with Crippen molar-refractivity contribution in [2.75, 3.05) is 18.5 Å². The summed E-state index contributed by atoms with van der Waals surface area (Å²) in [7, 11) is 0. The van der Waals surface area contributed by atoms with Crippen LogP contribution in [-0.2, 0) is 20.7 Å². The van der Waals surface area contributed by atoms with E-state index in [9.17, 15) is 4.79 Å². The lowest BCUT2D eigenvalue weighted by atomic mass is 9.94. The fourth-order valence-corrected chi connectivity index (χ4v) is 3.30. The molecule has 1 aromatic rings. The van der Waals surface area contributed by atoms with Gasteiger partial charge in [0.2, 0.25) is 0 Å². The maximum Gasteiger partial charge on any atom is 0.306 e. The quantitative estimate of drug-likeness (QED) is 0.818. The standard InChI is InChI=1S/C15H24N2O3S/c1-4-19-13(18)6-5-12-10-21-14(17-12)16-11-7-8-20-15(2,3)9-11/h10-11H,4-9H2,1-3H3,(H,16,17). The number of hydrogen-bond donors (Lipinski definition) is 1. The van der Waals surface area contributed by atoms with Crippen molar-refractivity contribution in [3.8, 4) is 0 Å². The summed E-state index contributed by atoms with van der Waals surface area (Å²) >= 11 is 1.59. The summed E-state index contributed by atoms with van der Waals surface area (Å²) in [5.41, 5.74) is 0.877. The second kappa shape index (κ2) is 7.22. The Morgan fingerprint density at radius 1 is 1.62 bits per heavy atom. The van der Waals surface area contributed by atoms with Crippen LogP contribution < -0.4 is 5.32 Å². The second-order valence-corrected chi connectivity index (χ2v) is 6.75. The van der Waals surface area contributed by atoms with Gasteiger partial charge in [0.1, 0.15) is 0 Å². The molecule has 1 aliphatic heterocycles. The highest BCUT2D eigenvalue weighted by Crippen LogP contribution is 2.27. The normalized spacial score (nSPS) is 21.0. The second-order valence-electron chi connectivity index (χ2n) is 5.89. The van der Waals surface area contributed by atoms with Gasteiger partial charge in [0.25, 0.3) is 0 Å². The van der Waals surface area contributed by atoms with E-state index in [-0.39, 0.29) is 11.6 Å². The maximum absolute atomic E-state index is 11.3. The third-order valence-corrected chi connectivity index (χ3v) is 4.29. The molecule has 1 aliphatic rings. The zero-order chi connectivity index (χ0) is 15.3. The predicted molar refractivity (Wildman–Crippen MR) is 83.7 cm³/mol. The molecule has 2 heterocycles. The monoisotopic (exact) mass is 312 g/mol. The van der Waals surface area contributed by atoms with Gasteiger partial charge < -0.3 is 14.8 Å². The highest BCUT2D eigenvalue weighted by atomic mass is 32.1. The van der Waals surface area contributed by atoms with E-state index in [0.717, 1.165) is 30.3 Å². The minimum atomic E-state index is -0.161. The number of anilines is 1. The number of carbonyl (C=O) groups is 1. The third-order valence-electron chi connectivity index (χ3n) is 3.47. The van der Waals surface area contributed by atoms with Crippen molar-refractivity contribution in [1.82, 2.24) is 4.98 Å². The van der Waals surface area contributed by atoms with E-state index in [1.807, 2.05) is 12.3 Å². The molecule has 0 aliphatic carbocycles. The SMILES string of the molecule is CCOC(=O)CCc1csc(NC2CCOC(C)(C)C2)n1. The van der Waals surface area contributed by atoms with Crippen molar-refractivity contribution in [1.29, 1.82) is 0 Å². The van der Waals surface area contributed by atoms with Crippen molar-refractivity contribution >= 4 is 22.4 Å². The lowest BCUT2D eigenvalue weighted by Crippen LogP contribution is -2.40. The Balaban J connectivity index is 1.81. The Morgan fingerprint density at radius 3 is 3.14 bits per heavy atom. The lowest BCUT2D eigenvalue weighted by Gasteiger charge is -2.35. The van der Waals surface area contributed by atoms with Gasteiger partial charge in [-0.05, 0) is 33.6 Å². The van der Waals surface area contributed by atoms with E-state index in [2.05, 4.69) is 24.1 Å². The Hall–Kier alpha value is -1.14. The summed E-state index contributed by atoms with van der Waals surface area (Å²) in [6, 6.07) is 0.401.